The Morgan fingerprint density at radius 2 is 1.06 bits per heavy atom. The highest BCUT2D eigenvalue weighted by atomic mass is 32.1. The summed E-state index contributed by atoms with van der Waals surface area (Å²) in [6, 6.07) is 25.4. The summed E-state index contributed by atoms with van der Waals surface area (Å²) < 4.78 is 22.8. The number of aryl methyl sites for hydroxylation is 4. The minimum Gasteiger partial charge on any atom is -0.490 e. The average molecular weight is 685 g/mol. The minimum absolute atomic E-state index is 0.349. The van der Waals surface area contributed by atoms with Crippen molar-refractivity contribution in [2.24, 2.45) is 0 Å². The molecule has 0 saturated carbocycles. The molecule has 0 aliphatic rings. The van der Waals surface area contributed by atoms with Gasteiger partial charge in [0.2, 0.25) is 0 Å². The smallest absolute Gasteiger partial charge is 0.261 e. The molecule has 0 heterocycles. The van der Waals surface area contributed by atoms with Gasteiger partial charge >= 0.3 is 0 Å². The van der Waals surface area contributed by atoms with E-state index in [1.54, 1.807) is 7.05 Å². The summed E-state index contributed by atoms with van der Waals surface area (Å²) in [7, 11) is 1.73. The fraction of sp³-hybridized carbons (Fsp3) is 0.350. The molecule has 0 aromatic heterocycles. The molecule has 4 rings (SSSR count). The zero-order valence-electron chi connectivity index (χ0n) is 29.0. The zero-order valence-corrected chi connectivity index (χ0v) is 30.7. The number of nitrogens with one attached hydrogen (secondary N) is 2. The number of rotatable bonds is 15. The summed E-state index contributed by atoms with van der Waals surface area (Å²) in [5.41, 5.74) is 12.7. The predicted octanol–water partition coefficient (Wildman–Crippen LogP) is 8.61. The lowest BCUT2D eigenvalue weighted by Gasteiger charge is -2.18. The van der Waals surface area contributed by atoms with Gasteiger partial charge in [0, 0.05) is 12.7 Å². The number of ether oxygens (including phenoxy) is 4. The Labute approximate surface area is 297 Å². The number of anilines is 1. The summed E-state index contributed by atoms with van der Waals surface area (Å²) in [6.07, 6.45) is 3.68. The maximum atomic E-state index is 5.92. The van der Waals surface area contributed by atoms with E-state index in [1.807, 2.05) is 24.3 Å². The standard InChI is InChI=1S/C40H48N2O4S2/c1-7-34-25-32(21-27(3)29(34)5)24-33-22-28(4)38(35(8-2)26-33)42-40(48)46-20-18-44-37-15-11-31(12-16-37)23-30-9-13-36(14-10-30)43-17-19-45-39(47)41-6/h9-16,21-22,25-26H,7-8,17-20,23-24H2,1-6H3,(H,41,47)(H,42,48). The van der Waals surface area contributed by atoms with Crippen LogP contribution in [0.2, 0.25) is 0 Å². The minimum atomic E-state index is 0.349. The maximum Gasteiger partial charge on any atom is 0.261 e. The Kier molecular flexibility index (Phi) is 14.1. The second-order valence-corrected chi connectivity index (χ2v) is 12.6. The van der Waals surface area contributed by atoms with Gasteiger partial charge in [-0.05, 0) is 145 Å². The van der Waals surface area contributed by atoms with Crippen LogP contribution in [-0.2, 0) is 35.2 Å². The van der Waals surface area contributed by atoms with Crippen LogP contribution in [-0.4, -0.2) is 43.8 Å². The van der Waals surface area contributed by atoms with E-state index in [0.717, 1.165) is 48.4 Å². The van der Waals surface area contributed by atoms with E-state index in [4.69, 9.17) is 43.4 Å². The molecule has 0 unspecified atom stereocenters. The molecule has 0 atom stereocenters. The third kappa shape index (κ3) is 11.0. The summed E-state index contributed by atoms with van der Waals surface area (Å²) in [5.74, 6) is 1.59. The van der Waals surface area contributed by atoms with E-state index in [1.165, 1.54) is 44.5 Å². The Bertz CT molecular complexity index is 1670. The van der Waals surface area contributed by atoms with Crippen molar-refractivity contribution in [3.8, 4) is 11.5 Å². The molecule has 0 aliphatic heterocycles. The number of benzene rings is 4. The van der Waals surface area contributed by atoms with Crippen LogP contribution in [0.15, 0.2) is 72.8 Å². The summed E-state index contributed by atoms with van der Waals surface area (Å²) in [4.78, 5) is 0. The first kappa shape index (κ1) is 36.7. The van der Waals surface area contributed by atoms with Gasteiger partial charge in [0.15, 0.2) is 0 Å². The fourth-order valence-corrected chi connectivity index (χ4v) is 5.93. The number of hydrogen-bond donors (Lipinski definition) is 2. The van der Waals surface area contributed by atoms with Gasteiger partial charge in [-0.2, -0.15) is 0 Å². The third-order valence-electron chi connectivity index (χ3n) is 8.34. The van der Waals surface area contributed by atoms with E-state index in [0.29, 0.717) is 36.8 Å². The Morgan fingerprint density at radius 1 is 0.583 bits per heavy atom. The van der Waals surface area contributed by atoms with Crippen LogP contribution >= 0.6 is 24.4 Å². The van der Waals surface area contributed by atoms with Crippen LogP contribution in [0.5, 0.6) is 11.5 Å². The lowest BCUT2D eigenvalue weighted by Crippen LogP contribution is -2.21. The summed E-state index contributed by atoms with van der Waals surface area (Å²) >= 11 is 10.5. The quantitative estimate of drug-likeness (QED) is 0.0954. The van der Waals surface area contributed by atoms with Crippen LogP contribution in [0.4, 0.5) is 5.69 Å². The van der Waals surface area contributed by atoms with Crippen LogP contribution in [0.1, 0.15) is 63.9 Å². The topological polar surface area (TPSA) is 61.0 Å². The highest BCUT2D eigenvalue weighted by molar-refractivity contribution is 7.80. The molecular formula is C40H48N2O4S2. The molecule has 0 radical (unpaired) electrons. The van der Waals surface area contributed by atoms with Gasteiger partial charge in [0.25, 0.3) is 10.3 Å². The van der Waals surface area contributed by atoms with Gasteiger partial charge in [0.1, 0.15) is 37.9 Å². The molecule has 8 heteroatoms. The predicted molar refractivity (Wildman–Crippen MR) is 205 cm³/mol. The van der Waals surface area contributed by atoms with E-state index >= 15 is 0 Å². The fourth-order valence-electron chi connectivity index (χ4n) is 5.66. The largest absolute Gasteiger partial charge is 0.490 e. The van der Waals surface area contributed by atoms with Crippen molar-refractivity contribution in [3.63, 3.8) is 0 Å². The molecule has 0 spiro atoms. The van der Waals surface area contributed by atoms with E-state index in [9.17, 15) is 0 Å². The van der Waals surface area contributed by atoms with Gasteiger partial charge in [-0.3, -0.25) is 0 Å². The normalized spacial score (nSPS) is 10.7. The first-order chi connectivity index (χ1) is 23.2. The van der Waals surface area contributed by atoms with E-state index in [-0.39, 0.29) is 0 Å². The average Bonchev–Trinajstić information content (AvgIpc) is 3.09. The number of hydrogen-bond acceptors (Lipinski definition) is 6. The molecule has 0 bridgehead atoms. The van der Waals surface area contributed by atoms with Crippen molar-refractivity contribution in [3.05, 3.63) is 123 Å². The van der Waals surface area contributed by atoms with Crippen molar-refractivity contribution in [1.82, 2.24) is 5.32 Å². The zero-order chi connectivity index (χ0) is 34.5. The van der Waals surface area contributed by atoms with E-state index < -0.39 is 0 Å². The molecule has 2 N–H and O–H groups in total. The molecule has 4 aromatic rings. The van der Waals surface area contributed by atoms with Crippen molar-refractivity contribution in [2.45, 2.75) is 60.3 Å². The molecule has 4 aromatic carbocycles. The molecular weight excluding hydrogens is 637 g/mol. The van der Waals surface area contributed by atoms with Gasteiger partial charge in [-0.15, -0.1) is 0 Å². The van der Waals surface area contributed by atoms with Gasteiger partial charge in [-0.25, -0.2) is 0 Å². The monoisotopic (exact) mass is 684 g/mol. The Balaban J connectivity index is 1.21. The highest BCUT2D eigenvalue weighted by Crippen LogP contribution is 2.27. The first-order valence-electron chi connectivity index (χ1n) is 16.6. The maximum absolute atomic E-state index is 5.92. The van der Waals surface area contributed by atoms with Crippen molar-refractivity contribution in [2.75, 3.05) is 38.8 Å². The van der Waals surface area contributed by atoms with Crippen molar-refractivity contribution >= 4 is 40.5 Å². The molecule has 6 nitrogen and oxygen atoms in total. The van der Waals surface area contributed by atoms with Crippen molar-refractivity contribution < 1.29 is 18.9 Å². The Morgan fingerprint density at radius 3 is 1.58 bits per heavy atom. The van der Waals surface area contributed by atoms with Crippen LogP contribution in [0.25, 0.3) is 0 Å². The van der Waals surface area contributed by atoms with Gasteiger partial charge < -0.3 is 29.6 Å². The van der Waals surface area contributed by atoms with Crippen molar-refractivity contribution in [1.29, 1.82) is 0 Å². The molecule has 0 amide bonds. The second-order valence-electron chi connectivity index (χ2n) is 11.8. The van der Waals surface area contributed by atoms with Gasteiger partial charge in [-0.1, -0.05) is 62.4 Å². The second kappa shape index (κ2) is 18.4. The molecule has 0 fully saturated rings. The van der Waals surface area contributed by atoms with Gasteiger partial charge in [0.05, 0.1) is 0 Å². The first-order valence-corrected chi connectivity index (χ1v) is 17.4. The molecule has 48 heavy (non-hydrogen) atoms. The molecule has 0 saturated heterocycles. The highest BCUT2D eigenvalue weighted by Gasteiger charge is 2.12. The van der Waals surface area contributed by atoms with Crippen LogP contribution in [0.3, 0.4) is 0 Å². The molecule has 0 aliphatic carbocycles. The van der Waals surface area contributed by atoms with E-state index in [2.05, 4.69) is 93.8 Å². The SMILES string of the molecule is CCc1cc(Cc2cc(C)c(NC(=S)OCCOc3ccc(Cc4ccc(OCCOC(=S)NC)cc4)cc3)c(CC)c2)cc(C)c1C. The third-order valence-corrected chi connectivity index (χ3v) is 8.88. The lowest BCUT2D eigenvalue weighted by molar-refractivity contribution is 0.208. The summed E-state index contributed by atoms with van der Waals surface area (Å²) in [5, 5.41) is 6.83. The number of thiocarbonyl (C=S) groups is 2. The molecule has 254 valence electrons. The van der Waals surface area contributed by atoms with Crippen LogP contribution < -0.4 is 20.1 Å². The summed E-state index contributed by atoms with van der Waals surface area (Å²) in [6.45, 7) is 12.5. The van der Waals surface area contributed by atoms with Crippen LogP contribution in [0, 0.1) is 20.8 Å². The Hall–Kier alpha value is -4.14. The lowest BCUT2D eigenvalue weighted by atomic mass is 9.93.